The molecule has 0 aliphatic carbocycles. The Labute approximate surface area is 201 Å². The number of hydrogen-bond donors (Lipinski definition) is 0. The van der Waals surface area contributed by atoms with E-state index in [0.717, 1.165) is 50.2 Å². The Hall–Kier alpha value is -2.63. The van der Waals surface area contributed by atoms with Crippen molar-refractivity contribution in [3.8, 4) is 5.75 Å². The fraction of sp³-hybridized carbons (Fsp3) is 0.393. The number of aryl methyl sites for hydroxylation is 1. The van der Waals surface area contributed by atoms with Gasteiger partial charge in [0, 0.05) is 42.5 Å². The Morgan fingerprint density at radius 1 is 1.06 bits per heavy atom. The molecule has 0 N–H and O–H groups in total. The maximum atomic E-state index is 13.1. The van der Waals surface area contributed by atoms with Gasteiger partial charge in [-0.15, -0.1) is 11.3 Å². The molecule has 4 nitrogen and oxygen atoms in total. The lowest BCUT2D eigenvalue weighted by atomic mass is 9.98. The molecule has 1 aliphatic heterocycles. The summed E-state index contributed by atoms with van der Waals surface area (Å²) in [4.78, 5) is 18.8. The van der Waals surface area contributed by atoms with Gasteiger partial charge in [0.1, 0.15) is 5.75 Å². The van der Waals surface area contributed by atoms with Gasteiger partial charge < -0.3 is 9.64 Å². The first-order valence-corrected chi connectivity index (χ1v) is 12.8. The smallest absolute Gasteiger partial charge is 0.254 e. The minimum absolute atomic E-state index is 0.149. The highest BCUT2D eigenvalue weighted by Crippen LogP contribution is 2.23. The van der Waals surface area contributed by atoms with Crippen molar-refractivity contribution >= 4 is 17.2 Å². The maximum absolute atomic E-state index is 13.1. The van der Waals surface area contributed by atoms with Gasteiger partial charge in [-0.1, -0.05) is 35.9 Å². The number of hydrogen-bond acceptors (Lipinski definition) is 4. The van der Waals surface area contributed by atoms with Crippen molar-refractivity contribution in [1.29, 1.82) is 0 Å². The van der Waals surface area contributed by atoms with E-state index in [0.29, 0.717) is 6.61 Å². The highest BCUT2D eigenvalue weighted by Gasteiger charge is 2.27. The maximum Gasteiger partial charge on any atom is 0.254 e. The minimum Gasteiger partial charge on any atom is -0.494 e. The van der Waals surface area contributed by atoms with Gasteiger partial charge in [-0.25, -0.2) is 0 Å². The Morgan fingerprint density at radius 2 is 1.85 bits per heavy atom. The van der Waals surface area contributed by atoms with E-state index in [2.05, 4.69) is 58.6 Å². The number of nitrogens with zero attached hydrogens (tertiary/aromatic N) is 2. The topological polar surface area (TPSA) is 32.8 Å². The number of likely N-dealkylation sites (tertiary alicyclic amines) is 1. The molecule has 1 aliphatic rings. The Bertz CT molecular complexity index is 999. The predicted octanol–water partition coefficient (Wildman–Crippen LogP) is 6.15. The van der Waals surface area contributed by atoms with E-state index in [4.69, 9.17) is 4.74 Å². The van der Waals surface area contributed by atoms with Crippen LogP contribution in [0.3, 0.4) is 0 Å². The Balaban J connectivity index is 1.26. The molecule has 5 heteroatoms. The van der Waals surface area contributed by atoms with Crippen molar-refractivity contribution in [2.75, 3.05) is 20.2 Å². The summed E-state index contributed by atoms with van der Waals surface area (Å²) in [6.45, 7) is 5.39. The molecule has 0 spiro atoms. The van der Waals surface area contributed by atoms with E-state index in [1.165, 1.54) is 22.4 Å². The van der Waals surface area contributed by atoms with Crippen LogP contribution in [0.15, 0.2) is 66.0 Å². The van der Waals surface area contributed by atoms with Crippen LogP contribution < -0.4 is 4.74 Å². The number of carbonyl (C=O) groups excluding carboxylic acids is 1. The monoisotopic (exact) mass is 462 g/mol. The second kappa shape index (κ2) is 11.5. The largest absolute Gasteiger partial charge is 0.494 e. The Kier molecular flexibility index (Phi) is 8.19. The van der Waals surface area contributed by atoms with Crippen molar-refractivity contribution in [2.45, 2.75) is 51.7 Å². The third kappa shape index (κ3) is 6.68. The third-order valence-corrected chi connectivity index (χ3v) is 7.15. The van der Waals surface area contributed by atoms with Gasteiger partial charge in [0.25, 0.3) is 5.91 Å². The van der Waals surface area contributed by atoms with Crippen molar-refractivity contribution < 1.29 is 9.53 Å². The molecule has 0 saturated carbocycles. The summed E-state index contributed by atoms with van der Waals surface area (Å²) >= 11 is 1.80. The number of thiophene rings is 1. The summed E-state index contributed by atoms with van der Waals surface area (Å²) in [5.74, 6) is 1.04. The molecule has 33 heavy (non-hydrogen) atoms. The zero-order chi connectivity index (χ0) is 23.0. The van der Waals surface area contributed by atoms with Gasteiger partial charge in [-0.3, -0.25) is 9.69 Å². The lowest BCUT2D eigenvalue weighted by Gasteiger charge is -2.36. The van der Waals surface area contributed by atoms with Crippen LogP contribution in [0.5, 0.6) is 5.75 Å². The highest BCUT2D eigenvalue weighted by molar-refractivity contribution is 7.09. The zero-order valence-corrected chi connectivity index (χ0v) is 20.5. The molecule has 1 aromatic heterocycles. The van der Waals surface area contributed by atoms with Crippen LogP contribution in [0.2, 0.25) is 0 Å². The van der Waals surface area contributed by atoms with Gasteiger partial charge >= 0.3 is 0 Å². The number of carbonyl (C=O) groups is 1. The van der Waals surface area contributed by atoms with Crippen molar-refractivity contribution in [3.63, 3.8) is 0 Å². The highest BCUT2D eigenvalue weighted by atomic mass is 32.1. The van der Waals surface area contributed by atoms with E-state index in [9.17, 15) is 4.79 Å². The second-order valence-corrected chi connectivity index (χ2v) is 10.1. The molecule has 174 valence electrons. The first kappa shape index (κ1) is 23.5. The van der Waals surface area contributed by atoms with E-state index >= 15 is 0 Å². The van der Waals surface area contributed by atoms with Crippen LogP contribution in [0, 0.1) is 6.92 Å². The molecule has 0 bridgehead atoms. The number of rotatable bonds is 9. The SMILES string of the molecule is Cc1ccc(C(=O)N2CCCC[C@H]2CCOc2ccc(CN(C)Cc3cccs3)cc2)cc1. The first-order valence-electron chi connectivity index (χ1n) is 11.9. The van der Waals surface area contributed by atoms with Crippen LogP contribution in [0.4, 0.5) is 0 Å². The van der Waals surface area contributed by atoms with Crippen molar-refractivity contribution in [3.05, 3.63) is 87.6 Å². The minimum atomic E-state index is 0.149. The molecular weight excluding hydrogens is 428 g/mol. The summed E-state index contributed by atoms with van der Waals surface area (Å²) in [6.07, 6.45) is 4.17. The zero-order valence-electron chi connectivity index (χ0n) is 19.7. The van der Waals surface area contributed by atoms with E-state index < -0.39 is 0 Å². The summed E-state index contributed by atoms with van der Waals surface area (Å²) in [6, 6.07) is 20.9. The van der Waals surface area contributed by atoms with Gasteiger partial charge in [0.05, 0.1) is 6.61 Å². The molecule has 1 fully saturated rings. The van der Waals surface area contributed by atoms with Crippen molar-refractivity contribution in [2.24, 2.45) is 0 Å². The number of piperidine rings is 1. The quantitative estimate of drug-likeness (QED) is 0.382. The van der Waals surface area contributed by atoms with Crippen molar-refractivity contribution in [1.82, 2.24) is 9.80 Å². The molecule has 4 rings (SSSR count). The lowest BCUT2D eigenvalue weighted by molar-refractivity contribution is 0.0580. The summed E-state index contributed by atoms with van der Waals surface area (Å²) in [5, 5.41) is 2.13. The average Bonchev–Trinajstić information content (AvgIpc) is 3.33. The van der Waals surface area contributed by atoms with Crippen LogP contribution >= 0.6 is 11.3 Å². The molecule has 1 amide bonds. The van der Waals surface area contributed by atoms with Gasteiger partial charge in [0.15, 0.2) is 0 Å². The second-order valence-electron chi connectivity index (χ2n) is 9.05. The lowest BCUT2D eigenvalue weighted by Crippen LogP contribution is -2.44. The molecule has 1 atom stereocenters. The van der Waals surface area contributed by atoms with E-state index in [1.807, 2.05) is 31.2 Å². The fourth-order valence-electron chi connectivity index (χ4n) is 4.47. The molecule has 3 aromatic rings. The number of ether oxygens (including phenoxy) is 1. The van der Waals surface area contributed by atoms with Crippen LogP contribution in [-0.2, 0) is 13.1 Å². The first-order chi connectivity index (χ1) is 16.1. The average molecular weight is 463 g/mol. The molecular formula is C28H34N2O2S. The molecule has 0 radical (unpaired) electrons. The predicted molar refractivity (Wildman–Crippen MR) is 136 cm³/mol. The standard InChI is InChI=1S/C28H34N2O2S/c1-22-8-12-24(13-9-22)28(31)30-17-4-3-6-25(30)16-18-32-26-14-10-23(11-15-26)20-29(2)21-27-7-5-19-33-27/h5,7-15,19,25H,3-4,6,16-18,20-21H2,1-2H3/t25-/m0/s1. The van der Waals surface area contributed by atoms with E-state index in [1.54, 1.807) is 11.3 Å². The normalized spacial score (nSPS) is 16.2. The Morgan fingerprint density at radius 3 is 2.58 bits per heavy atom. The number of amides is 1. The summed E-state index contributed by atoms with van der Waals surface area (Å²) in [7, 11) is 2.15. The van der Waals surface area contributed by atoms with E-state index in [-0.39, 0.29) is 11.9 Å². The van der Waals surface area contributed by atoms with Gasteiger partial charge in [0.2, 0.25) is 0 Å². The molecule has 2 heterocycles. The third-order valence-electron chi connectivity index (χ3n) is 6.29. The number of benzene rings is 2. The summed E-state index contributed by atoms with van der Waals surface area (Å²) in [5.41, 5.74) is 3.24. The van der Waals surface area contributed by atoms with Gasteiger partial charge in [-0.2, -0.15) is 0 Å². The fourth-order valence-corrected chi connectivity index (χ4v) is 5.25. The summed E-state index contributed by atoms with van der Waals surface area (Å²) < 4.78 is 6.05. The van der Waals surface area contributed by atoms with Crippen LogP contribution in [-0.4, -0.2) is 41.9 Å². The molecule has 2 aromatic carbocycles. The molecule has 0 unspecified atom stereocenters. The van der Waals surface area contributed by atoms with Crippen LogP contribution in [0.25, 0.3) is 0 Å². The van der Waals surface area contributed by atoms with Gasteiger partial charge in [-0.05, 0) is 74.5 Å². The molecule has 1 saturated heterocycles. The van der Waals surface area contributed by atoms with Crippen LogP contribution in [0.1, 0.15) is 52.0 Å².